The van der Waals surface area contributed by atoms with E-state index in [0.29, 0.717) is 24.5 Å². The lowest BCUT2D eigenvalue weighted by molar-refractivity contribution is 0.193. The van der Waals surface area contributed by atoms with Gasteiger partial charge < -0.3 is 19.7 Å². The fourth-order valence-electron chi connectivity index (χ4n) is 3.94. The number of halogens is 2. The van der Waals surface area contributed by atoms with Gasteiger partial charge in [0.1, 0.15) is 11.6 Å². The van der Waals surface area contributed by atoms with Crippen molar-refractivity contribution < 1.29 is 23.0 Å². The topological polar surface area (TPSA) is 50.8 Å². The standard InChI is InChI=1S/C24H22F2N2O3/c1-30-21-12-16-10-11-28(24(29)27-20-13-17(25)8-9-19(20)26)23(15-6-4-3-5-7-15)18(16)14-22(21)31-2/h3-9,12-14,23H,10-11H2,1-2H3,(H,27,29). The van der Waals surface area contributed by atoms with Crippen molar-refractivity contribution in [2.45, 2.75) is 12.5 Å². The molecule has 31 heavy (non-hydrogen) atoms. The van der Waals surface area contributed by atoms with Gasteiger partial charge in [0.2, 0.25) is 0 Å². The van der Waals surface area contributed by atoms with E-state index in [1.54, 1.807) is 19.1 Å². The number of methoxy groups -OCH3 is 2. The number of amides is 2. The van der Waals surface area contributed by atoms with E-state index in [0.717, 1.165) is 34.9 Å². The molecule has 0 aliphatic carbocycles. The number of carbonyl (C=O) groups is 1. The van der Waals surface area contributed by atoms with Crippen LogP contribution in [-0.4, -0.2) is 31.7 Å². The van der Waals surface area contributed by atoms with Crippen LogP contribution in [-0.2, 0) is 6.42 Å². The first-order chi connectivity index (χ1) is 15.0. The summed E-state index contributed by atoms with van der Waals surface area (Å²) in [6.45, 7) is 0.394. The zero-order valence-electron chi connectivity index (χ0n) is 17.2. The third-order valence-corrected chi connectivity index (χ3v) is 5.42. The molecule has 0 saturated carbocycles. The Balaban J connectivity index is 1.76. The summed E-state index contributed by atoms with van der Waals surface area (Å²) >= 11 is 0. The Morgan fingerprint density at radius 1 is 1.00 bits per heavy atom. The molecule has 0 bridgehead atoms. The number of urea groups is 1. The van der Waals surface area contributed by atoms with Gasteiger partial charge in [0.05, 0.1) is 25.9 Å². The van der Waals surface area contributed by atoms with Gasteiger partial charge in [0.25, 0.3) is 0 Å². The number of rotatable bonds is 4. The Morgan fingerprint density at radius 2 is 1.71 bits per heavy atom. The summed E-state index contributed by atoms with van der Waals surface area (Å²) in [6, 6.07) is 15.4. The summed E-state index contributed by atoms with van der Waals surface area (Å²) in [4.78, 5) is 14.8. The number of nitrogens with one attached hydrogen (secondary N) is 1. The van der Waals surface area contributed by atoms with Gasteiger partial charge in [-0.3, -0.25) is 0 Å². The summed E-state index contributed by atoms with van der Waals surface area (Å²) in [6.07, 6.45) is 0.581. The maximum Gasteiger partial charge on any atom is 0.322 e. The quantitative estimate of drug-likeness (QED) is 0.629. The van der Waals surface area contributed by atoms with Crippen molar-refractivity contribution in [1.29, 1.82) is 0 Å². The predicted molar refractivity (Wildman–Crippen MR) is 114 cm³/mol. The molecule has 1 N–H and O–H groups in total. The highest BCUT2D eigenvalue weighted by Crippen LogP contribution is 2.41. The molecule has 0 fully saturated rings. The minimum Gasteiger partial charge on any atom is -0.493 e. The number of carbonyl (C=O) groups excluding carboxylic acids is 1. The summed E-state index contributed by atoms with van der Waals surface area (Å²) < 4.78 is 38.6. The Morgan fingerprint density at radius 3 is 2.42 bits per heavy atom. The molecule has 5 nitrogen and oxygen atoms in total. The van der Waals surface area contributed by atoms with Crippen LogP contribution in [0.2, 0.25) is 0 Å². The highest BCUT2D eigenvalue weighted by atomic mass is 19.1. The lowest BCUT2D eigenvalue weighted by atomic mass is 9.88. The van der Waals surface area contributed by atoms with Gasteiger partial charge >= 0.3 is 6.03 Å². The smallest absolute Gasteiger partial charge is 0.322 e. The van der Waals surface area contributed by atoms with Crippen molar-refractivity contribution in [3.63, 3.8) is 0 Å². The largest absolute Gasteiger partial charge is 0.493 e. The third kappa shape index (κ3) is 4.03. The maximum absolute atomic E-state index is 14.1. The van der Waals surface area contributed by atoms with Gasteiger partial charge in [-0.05, 0) is 47.4 Å². The van der Waals surface area contributed by atoms with E-state index < -0.39 is 23.7 Å². The molecular formula is C24H22F2N2O3. The summed E-state index contributed by atoms with van der Waals surface area (Å²) in [5.74, 6) is -0.152. The van der Waals surface area contributed by atoms with Crippen LogP contribution in [0.1, 0.15) is 22.7 Å². The normalized spacial score (nSPS) is 15.2. The molecule has 1 aliphatic rings. The molecule has 0 saturated heterocycles. The second-order valence-corrected chi connectivity index (χ2v) is 7.22. The zero-order valence-corrected chi connectivity index (χ0v) is 17.2. The average Bonchev–Trinajstić information content (AvgIpc) is 2.80. The second-order valence-electron chi connectivity index (χ2n) is 7.22. The number of ether oxygens (including phenoxy) is 2. The Labute approximate surface area is 179 Å². The Kier molecular flexibility index (Phi) is 5.75. The van der Waals surface area contributed by atoms with Crippen molar-refractivity contribution in [2.75, 3.05) is 26.1 Å². The van der Waals surface area contributed by atoms with Gasteiger partial charge in [0.15, 0.2) is 11.5 Å². The average molecular weight is 424 g/mol. The molecule has 1 unspecified atom stereocenters. The molecule has 3 aromatic rings. The summed E-state index contributed by atoms with van der Waals surface area (Å²) in [5.41, 5.74) is 2.62. The van der Waals surface area contributed by atoms with Gasteiger partial charge in [-0.25, -0.2) is 13.6 Å². The fraction of sp³-hybridized carbons (Fsp3) is 0.208. The highest BCUT2D eigenvalue weighted by molar-refractivity contribution is 5.90. The van der Waals surface area contributed by atoms with Gasteiger partial charge in [-0.1, -0.05) is 30.3 Å². The van der Waals surface area contributed by atoms with E-state index in [1.807, 2.05) is 42.5 Å². The number of hydrogen-bond acceptors (Lipinski definition) is 3. The van der Waals surface area contributed by atoms with Crippen LogP contribution in [0.3, 0.4) is 0 Å². The lowest BCUT2D eigenvalue weighted by Crippen LogP contribution is -2.43. The number of hydrogen-bond donors (Lipinski definition) is 1. The van der Waals surface area contributed by atoms with Crippen LogP contribution in [0.4, 0.5) is 19.3 Å². The minimum atomic E-state index is -0.699. The van der Waals surface area contributed by atoms with Crippen molar-refractivity contribution in [1.82, 2.24) is 4.90 Å². The molecule has 1 atom stereocenters. The van der Waals surface area contributed by atoms with Crippen molar-refractivity contribution in [3.05, 3.63) is 89.0 Å². The molecule has 160 valence electrons. The zero-order chi connectivity index (χ0) is 22.0. The van der Waals surface area contributed by atoms with Gasteiger partial charge in [-0.2, -0.15) is 0 Å². The maximum atomic E-state index is 14.1. The number of anilines is 1. The number of fused-ring (bicyclic) bond motifs is 1. The first-order valence-electron chi connectivity index (χ1n) is 9.84. The minimum absolute atomic E-state index is 0.199. The third-order valence-electron chi connectivity index (χ3n) is 5.42. The van der Waals surface area contributed by atoms with Crippen LogP contribution in [0.15, 0.2) is 60.7 Å². The highest BCUT2D eigenvalue weighted by Gasteiger charge is 2.33. The van der Waals surface area contributed by atoms with Gasteiger partial charge in [0, 0.05) is 12.6 Å². The van der Waals surface area contributed by atoms with E-state index in [2.05, 4.69) is 5.32 Å². The SMILES string of the molecule is COc1cc2c(cc1OC)C(c1ccccc1)N(C(=O)Nc1cc(F)ccc1F)CC2. The van der Waals surface area contributed by atoms with Crippen molar-refractivity contribution in [2.24, 2.45) is 0 Å². The molecule has 0 spiro atoms. The molecule has 0 aromatic heterocycles. The van der Waals surface area contributed by atoms with Crippen LogP contribution in [0, 0.1) is 11.6 Å². The van der Waals surface area contributed by atoms with E-state index >= 15 is 0 Å². The second kappa shape index (κ2) is 8.63. The van der Waals surface area contributed by atoms with Crippen LogP contribution in [0.25, 0.3) is 0 Å². The molecular weight excluding hydrogens is 402 g/mol. The summed E-state index contributed by atoms with van der Waals surface area (Å²) in [7, 11) is 3.14. The molecule has 3 aromatic carbocycles. The van der Waals surface area contributed by atoms with Crippen LogP contribution < -0.4 is 14.8 Å². The van der Waals surface area contributed by atoms with Crippen LogP contribution in [0.5, 0.6) is 11.5 Å². The molecule has 1 aliphatic heterocycles. The van der Waals surface area contributed by atoms with E-state index in [9.17, 15) is 13.6 Å². The number of nitrogens with zero attached hydrogens (tertiary/aromatic N) is 1. The lowest BCUT2D eigenvalue weighted by Gasteiger charge is -2.38. The van der Waals surface area contributed by atoms with E-state index in [4.69, 9.17) is 9.47 Å². The van der Waals surface area contributed by atoms with Crippen LogP contribution >= 0.6 is 0 Å². The van der Waals surface area contributed by atoms with Crippen molar-refractivity contribution >= 4 is 11.7 Å². The predicted octanol–water partition coefficient (Wildman–Crippen LogP) is 5.16. The molecule has 2 amide bonds. The number of benzene rings is 3. The fourth-order valence-corrected chi connectivity index (χ4v) is 3.94. The first-order valence-corrected chi connectivity index (χ1v) is 9.84. The summed E-state index contributed by atoms with van der Waals surface area (Å²) in [5, 5.41) is 2.52. The molecule has 1 heterocycles. The molecule has 4 rings (SSSR count). The first kappa shape index (κ1) is 20.7. The molecule has 7 heteroatoms. The van der Waals surface area contributed by atoms with E-state index in [1.165, 1.54) is 0 Å². The van der Waals surface area contributed by atoms with Crippen molar-refractivity contribution in [3.8, 4) is 11.5 Å². The molecule has 0 radical (unpaired) electrons. The Hall–Kier alpha value is -3.61. The van der Waals surface area contributed by atoms with Gasteiger partial charge in [-0.15, -0.1) is 0 Å². The Bertz CT molecular complexity index is 1110. The monoisotopic (exact) mass is 424 g/mol. The van der Waals surface area contributed by atoms with E-state index in [-0.39, 0.29) is 5.69 Å².